The van der Waals surface area contributed by atoms with Crippen molar-refractivity contribution in [1.82, 2.24) is 29.4 Å². The van der Waals surface area contributed by atoms with Crippen molar-refractivity contribution in [2.45, 2.75) is 51.2 Å². The number of hydrogen-bond acceptors (Lipinski definition) is 4. The molecule has 2 aliphatic rings. The van der Waals surface area contributed by atoms with Gasteiger partial charge in [-0.2, -0.15) is 15.0 Å². The van der Waals surface area contributed by atoms with Crippen LogP contribution in [-0.4, -0.2) is 48.6 Å². The predicted octanol–water partition coefficient (Wildman–Crippen LogP) is 4.75. The number of nitrogens with zero attached hydrogens (tertiary/aromatic N) is 6. The molecule has 2 fully saturated rings. The van der Waals surface area contributed by atoms with Gasteiger partial charge >= 0.3 is 0 Å². The lowest BCUT2D eigenvalue weighted by Gasteiger charge is -2.44. The number of benzene rings is 2. The minimum atomic E-state index is 0.558. The van der Waals surface area contributed by atoms with Gasteiger partial charge in [-0.3, -0.25) is 0 Å². The Balaban J connectivity index is 1.37. The maximum absolute atomic E-state index is 6.29. The second-order valence-corrected chi connectivity index (χ2v) is 9.43. The molecule has 0 spiro atoms. The maximum atomic E-state index is 6.29. The van der Waals surface area contributed by atoms with Crippen LogP contribution in [0.25, 0.3) is 22.1 Å². The van der Waals surface area contributed by atoms with Gasteiger partial charge in [0.15, 0.2) is 0 Å². The molecule has 6 rings (SSSR count). The predicted molar refractivity (Wildman–Crippen MR) is 123 cm³/mol. The first kappa shape index (κ1) is 19.3. The van der Waals surface area contributed by atoms with Crippen molar-refractivity contribution in [2.24, 2.45) is 5.92 Å². The van der Waals surface area contributed by atoms with Crippen molar-refractivity contribution in [3.8, 4) is 0 Å². The molecule has 0 N–H and O–H groups in total. The average molecular weight is 435 g/mol. The molecule has 2 aromatic carbocycles. The summed E-state index contributed by atoms with van der Waals surface area (Å²) in [7, 11) is 0. The number of aromatic nitrogens is 5. The molecule has 0 aliphatic carbocycles. The molecule has 2 aliphatic heterocycles. The third-order valence-corrected chi connectivity index (χ3v) is 7.28. The summed E-state index contributed by atoms with van der Waals surface area (Å²) < 4.78 is 2.41. The van der Waals surface area contributed by atoms with Crippen molar-refractivity contribution in [1.29, 1.82) is 0 Å². The molecule has 2 atom stereocenters. The largest absolute Gasteiger partial charge is 0.326 e. The SMILES string of the molecule is Clc1ccc2c(c1)nc(Cn1nc3ccccc3n1)n2C[C@H]1CCCN2CCCCC12. The molecule has 7 heteroatoms. The van der Waals surface area contributed by atoms with Crippen LogP contribution < -0.4 is 0 Å². The lowest BCUT2D eigenvalue weighted by molar-refractivity contribution is 0.0520. The second kappa shape index (κ2) is 7.92. The number of piperidine rings is 2. The van der Waals surface area contributed by atoms with Crippen LogP contribution >= 0.6 is 11.6 Å². The van der Waals surface area contributed by atoms with Gasteiger partial charge in [0.25, 0.3) is 0 Å². The number of halogens is 1. The first-order chi connectivity index (χ1) is 15.2. The summed E-state index contributed by atoms with van der Waals surface area (Å²) in [4.78, 5) is 9.48. The van der Waals surface area contributed by atoms with Gasteiger partial charge < -0.3 is 9.47 Å². The van der Waals surface area contributed by atoms with E-state index in [9.17, 15) is 0 Å². The first-order valence-electron chi connectivity index (χ1n) is 11.4. The van der Waals surface area contributed by atoms with Gasteiger partial charge in [0.05, 0.1) is 11.0 Å². The molecule has 0 amide bonds. The van der Waals surface area contributed by atoms with E-state index < -0.39 is 0 Å². The summed E-state index contributed by atoms with van der Waals surface area (Å²) >= 11 is 6.29. The highest BCUT2D eigenvalue weighted by Crippen LogP contribution is 2.33. The van der Waals surface area contributed by atoms with Gasteiger partial charge in [0.2, 0.25) is 0 Å². The number of rotatable bonds is 4. The molecule has 31 heavy (non-hydrogen) atoms. The number of imidazole rings is 1. The Morgan fingerprint density at radius 1 is 0.903 bits per heavy atom. The van der Waals surface area contributed by atoms with E-state index in [0.717, 1.165) is 39.5 Å². The van der Waals surface area contributed by atoms with Crippen molar-refractivity contribution in [2.75, 3.05) is 13.1 Å². The zero-order valence-electron chi connectivity index (χ0n) is 17.6. The van der Waals surface area contributed by atoms with Gasteiger partial charge in [-0.25, -0.2) is 4.98 Å². The fraction of sp³-hybridized carbons (Fsp3) is 0.458. The molecule has 1 unspecified atom stereocenters. The second-order valence-electron chi connectivity index (χ2n) is 8.99. The summed E-state index contributed by atoms with van der Waals surface area (Å²) in [5.74, 6) is 1.66. The third-order valence-electron chi connectivity index (χ3n) is 7.05. The standard InChI is InChI=1S/C24H27ClN6/c25-18-10-11-23-21(14-18)26-24(16-31-27-19-7-1-2-8-20(19)28-31)30(23)15-17-6-5-13-29-12-4-3-9-22(17)29/h1-2,7-8,10-11,14,17,22H,3-6,9,12-13,15-16H2/t17-,22?/m1/s1. The van der Waals surface area contributed by atoms with Crippen LogP contribution in [0.1, 0.15) is 37.9 Å². The molecule has 2 saturated heterocycles. The Kier molecular flexibility index (Phi) is 4.92. The zero-order valence-corrected chi connectivity index (χ0v) is 18.4. The van der Waals surface area contributed by atoms with Gasteiger partial charge in [0.1, 0.15) is 23.4 Å². The highest BCUT2D eigenvalue weighted by molar-refractivity contribution is 6.31. The Labute approximate surface area is 186 Å². The molecular weight excluding hydrogens is 408 g/mol. The molecule has 0 radical (unpaired) electrons. The van der Waals surface area contributed by atoms with E-state index in [1.54, 1.807) is 4.80 Å². The molecule has 6 nitrogen and oxygen atoms in total. The minimum absolute atomic E-state index is 0.558. The Morgan fingerprint density at radius 2 is 1.71 bits per heavy atom. The topological polar surface area (TPSA) is 51.8 Å². The van der Waals surface area contributed by atoms with Crippen LogP contribution in [0.4, 0.5) is 0 Å². The van der Waals surface area contributed by atoms with Crippen LogP contribution in [0.5, 0.6) is 0 Å². The fourth-order valence-electron chi connectivity index (χ4n) is 5.60. The summed E-state index contributed by atoms with van der Waals surface area (Å²) in [6, 6.07) is 14.8. The average Bonchev–Trinajstić information content (AvgIpc) is 3.34. The van der Waals surface area contributed by atoms with Crippen LogP contribution in [0.3, 0.4) is 0 Å². The first-order valence-corrected chi connectivity index (χ1v) is 11.8. The number of fused-ring (bicyclic) bond motifs is 3. The summed E-state index contributed by atoms with van der Waals surface area (Å²) in [6.45, 7) is 4.08. The smallest absolute Gasteiger partial charge is 0.133 e. The Bertz CT molecular complexity index is 1190. The van der Waals surface area contributed by atoms with Crippen molar-refractivity contribution in [3.63, 3.8) is 0 Å². The van der Waals surface area contributed by atoms with E-state index in [4.69, 9.17) is 16.6 Å². The quantitative estimate of drug-likeness (QED) is 0.465. The maximum Gasteiger partial charge on any atom is 0.133 e. The van der Waals surface area contributed by atoms with E-state index in [1.165, 1.54) is 45.2 Å². The highest BCUT2D eigenvalue weighted by atomic mass is 35.5. The monoisotopic (exact) mass is 434 g/mol. The normalized spacial score (nSPS) is 22.2. The van der Waals surface area contributed by atoms with Crippen LogP contribution in [-0.2, 0) is 13.1 Å². The molecular formula is C24H27ClN6. The van der Waals surface area contributed by atoms with E-state index in [-0.39, 0.29) is 0 Å². The number of hydrogen-bond donors (Lipinski definition) is 0. The Hall–Kier alpha value is -2.44. The zero-order chi connectivity index (χ0) is 20.8. The molecule has 0 bridgehead atoms. The van der Waals surface area contributed by atoms with Gasteiger partial charge in [0, 0.05) is 17.6 Å². The third kappa shape index (κ3) is 3.62. The molecule has 160 valence electrons. The molecule has 4 heterocycles. The fourth-order valence-corrected chi connectivity index (χ4v) is 5.77. The van der Waals surface area contributed by atoms with Crippen LogP contribution in [0.2, 0.25) is 5.02 Å². The Morgan fingerprint density at radius 3 is 2.55 bits per heavy atom. The molecule has 4 aromatic rings. The molecule has 0 saturated carbocycles. The lowest BCUT2D eigenvalue weighted by atomic mass is 9.83. The van der Waals surface area contributed by atoms with E-state index in [1.807, 2.05) is 36.4 Å². The van der Waals surface area contributed by atoms with Gasteiger partial charge in [-0.05, 0) is 75.0 Å². The summed E-state index contributed by atoms with van der Waals surface area (Å²) in [5, 5.41) is 10.1. The minimum Gasteiger partial charge on any atom is -0.326 e. The van der Waals surface area contributed by atoms with E-state index in [0.29, 0.717) is 18.5 Å². The van der Waals surface area contributed by atoms with E-state index >= 15 is 0 Å². The van der Waals surface area contributed by atoms with Crippen molar-refractivity contribution >= 4 is 33.7 Å². The van der Waals surface area contributed by atoms with Gasteiger partial charge in [-0.1, -0.05) is 30.2 Å². The summed E-state index contributed by atoms with van der Waals surface area (Å²) in [6.07, 6.45) is 6.61. The van der Waals surface area contributed by atoms with Crippen molar-refractivity contribution < 1.29 is 0 Å². The van der Waals surface area contributed by atoms with Crippen LogP contribution in [0.15, 0.2) is 42.5 Å². The summed E-state index contributed by atoms with van der Waals surface area (Å²) in [5.41, 5.74) is 3.94. The highest BCUT2D eigenvalue weighted by Gasteiger charge is 2.33. The van der Waals surface area contributed by atoms with Crippen LogP contribution in [0, 0.1) is 5.92 Å². The van der Waals surface area contributed by atoms with E-state index in [2.05, 4.69) is 25.7 Å². The molecule has 2 aromatic heterocycles. The van der Waals surface area contributed by atoms with Gasteiger partial charge in [-0.15, -0.1) is 0 Å². The van der Waals surface area contributed by atoms with Crippen molar-refractivity contribution in [3.05, 3.63) is 53.3 Å². The lowest BCUT2D eigenvalue weighted by Crippen LogP contribution is -2.49.